The van der Waals surface area contributed by atoms with Gasteiger partial charge < -0.3 is 10.5 Å². The van der Waals surface area contributed by atoms with Gasteiger partial charge in [0.25, 0.3) is 0 Å². The van der Waals surface area contributed by atoms with E-state index in [1.165, 1.54) is 6.92 Å². The van der Waals surface area contributed by atoms with Crippen LogP contribution in [0, 0.1) is 6.92 Å². The first kappa shape index (κ1) is 19.2. The van der Waals surface area contributed by atoms with Crippen LogP contribution in [0.25, 0.3) is 0 Å². The Hall–Kier alpha value is -1.84. The van der Waals surface area contributed by atoms with Crippen molar-refractivity contribution in [3.63, 3.8) is 0 Å². The zero-order valence-corrected chi connectivity index (χ0v) is 11.7. The second kappa shape index (κ2) is 6.34. The molecule has 10 heteroatoms. The number of nitrogens with two attached hydrogens (primary N) is 1. The molecule has 1 rings (SSSR count). The molecule has 0 fully saturated rings. The number of carbonyl (C=O) groups excluding carboxylic acids is 1. The highest BCUT2D eigenvalue weighted by Gasteiger charge is 2.73. The molecule has 0 aliphatic carbocycles. The van der Waals surface area contributed by atoms with Crippen molar-refractivity contribution in [3.8, 4) is 0 Å². The number of benzene rings is 1. The smallest absolute Gasteiger partial charge is 0.435 e. The lowest BCUT2D eigenvalue weighted by Gasteiger charge is -2.30. The van der Waals surface area contributed by atoms with Crippen LogP contribution in [0.2, 0.25) is 0 Å². The first-order chi connectivity index (χ1) is 10.3. The van der Waals surface area contributed by atoms with E-state index in [2.05, 4.69) is 4.74 Å². The Balaban J connectivity index is 3.23. The average Bonchev–Trinajstić information content (AvgIpc) is 2.42. The van der Waals surface area contributed by atoms with Gasteiger partial charge in [-0.25, -0.2) is 4.39 Å². The molecule has 0 amide bonds. The molecule has 0 heterocycles. The third-order valence-electron chi connectivity index (χ3n) is 3.08. The molecule has 0 aromatic heterocycles. The molecule has 3 nitrogen and oxygen atoms in total. The van der Waals surface area contributed by atoms with Crippen LogP contribution in [-0.2, 0) is 21.8 Å². The van der Waals surface area contributed by atoms with Crippen molar-refractivity contribution in [2.24, 2.45) is 5.73 Å². The molecule has 0 unspecified atom stereocenters. The number of halogens is 7. The molecule has 0 spiro atoms. The summed E-state index contributed by atoms with van der Waals surface area (Å²) in [5, 5.41) is 0. The van der Waals surface area contributed by atoms with Crippen LogP contribution in [-0.4, -0.2) is 24.9 Å². The largest absolute Gasteiger partial charge is 0.460 e. The Morgan fingerprint density at radius 3 is 2.00 bits per heavy atom. The van der Waals surface area contributed by atoms with Crippen molar-refractivity contribution in [2.45, 2.75) is 31.6 Å². The van der Waals surface area contributed by atoms with Crippen LogP contribution >= 0.6 is 0 Å². The zero-order valence-electron chi connectivity index (χ0n) is 11.7. The number of esters is 1. The summed E-state index contributed by atoms with van der Waals surface area (Å²) in [6.07, 6.45) is -12.4. The van der Waals surface area contributed by atoms with Crippen LogP contribution in [0.3, 0.4) is 0 Å². The number of rotatable bonds is 4. The summed E-state index contributed by atoms with van der Waals surface area (Å²) in [6, 6.07) is 1.62. The Kier molecular flexibility index (Phi) is 5.30. The third-order valence-corrected chi connectivity index (χ3v) is 3.08. The summed E-state index contributed by atoms with van der Waals surface area (Å²) in [5.74, 6) is -0.807. The molecule has 23 heavy (non-hydrogen) atoms. The van der Waals surface area contributed by atoms with E-state index < -0.39 is 42.7 Å². The van der Waals surface area contributed by atoms with Crippen molar-refractivity contribution >= 4 is 5.97 Å². The summed E-state index contributed by atoms with van der Waals surface area (Å²) >= 11 is 0. The number of carbonyl (C=O) groups is 1. The van der Waals surface area contributed by atoms with Crippen molar-refractivity contribution in [1.29, 1.82) is 0 Å². The number of ether oxygens (including phenoxy) is 1. The van der Waals surface area contributed by atoms with E-state index in [0.717, 1.165) is 6.07 Å². The van der Waals surface area contributed by atoms with E-state index in [4.69, 9.17) is 5.73 Å². The normalized spacial score (nSPS) is 13.1. The Morgan fingerprint density at radius 1 is 1.09 bits per heavy atom. The van der Waals surface area contributed by atoms with Crippen LogP contribution < -0.4 is 5.73 Å². The van der Waals surface area contributed by atoms with Gasteiger partial charge in [0.2, 0.25) is 0 Å². The van der Waals surface area contributed by atoms with Gasteiger partial charge in [-0.3, -0.25) is 4.79 Å². The second-order valence-electron chi connectivity index (χ2n) is 4.66. The average molecular weight is 347 g/mol. The first-order valence-corrected chi connectivity index (χ1v) is 6.12. The molecule has 130 valence electrons. The fourth-order valence-corrected chi connectivity index (χ4v) is 1.78. The molecule has 0 atom stereocenters. The van der Waals surface area contributed by atoms with Crippen LogP contribution in [0.1, 0.15) is 16.7 Å². The summed E-state index contributed by atoms with van der Waals surface area (Å²) in [6.45, 7) is 0.328. The molecule has 2 N–H and O–H groups in total. The fraction of sp³-hybridized carbons (Fsp3) is 0.462. The van der Waals surface area contributed by atoms with Crippen molar-refractivity contribution in [2.75, 3.05) is 6.54 Å². The number of aryl methyl sites for hydroxylation is 1. The van der Waals surface area contributed by atoms with Gasteiger partial charge in [-0.05, 0) is 18.1 Å². The summed E-state index contributed by atoms with van der Waals surface area (Å²) in [4.78, 5) is 10.9. The van der Waals surface area contributed by atoms with Crippen LogP contribution in [0.4, 0.5) is 30.7 Å². The van der Waals surface area contributed by atoms with Crippen molar-refractivity contribution in [3.05, 3.63) is 34.9 Å². The lowest BCUT2D eigenvalue weighted by Crippen LogP contribution is -2.50. The highest BCUT2D eigenvalue weighted by Crippen LogP contribution is 2.53. The number of hydrogen-bond acceptors (Lipinski definition) is 3. The SMILES string of the molecule is Cc1cc(C(F)(C(F)(F)F)C(F)(F)F)ccc1COC(=O)CN. The van der Waals surface area contributed by atoms with Gasteiger partial charge in [0.1, 0.15) is 6.61 Å². The Bertz CT molecular complexity index is 567. The highest BCUT2D eigenvalue weighted by atomic mass is 19.4. The maximum Gasteiger partial charge on any atom is 0.435 e. The topological polar surface area (TPSA) is 52.3 Å². The van der Waals surface area contributed by atoms with Crippen LogP contribution in [0.5, 0.6) is 0 Å². The third kappa shape index (κ3) is 3.74. The van der Waals surface area contributed by atoms with E-state index in [1.807, 2.05) is 0 Å². The summed E-state index contributed by atoms with van der Waals surface area (Å²) in [7, 11) is 0. The predicted molar refractivity (Wildman–Crippen MR) is 64.9 cm³/mol. The minimum atomic E-state index is -6.18. The minimum Gasteiger partial charge on any atom is -0.460 e. The monoisotopic (exact) mass is 347 g/mol. The summed E-state index contributed by atoms with van der Waals surface area (Å²) in [5.41, 5.74) is -2.07. The zero-order chi connectivity index (χ0) is 18.1. The standard InChI is InChI=1S/C13H12F7NO2/c1-7-4-9(3-2-8(7)6-23-10(22)5-21)11(14,12(15,16)17)13(18,19)20/h2-4H,5-6,21H2,1H3. The minimum absolute atomic E-state index is 0.0946. The van der Waals surface area contributed by atoms with Gasteiger partial charge in [0.05, 0.1) is 6.54 Å². The van der Waals surface area contributed by atoms with E-state index in [1.54, 1.807) is 0 Å². The molecule has 1 aromatic carbocycles. The van der Waals surface area contributed by atoms with Gasteiger partial charge in [-0.1, -0.05) is 18.2 Å². The quantitative estimate of drug-likeness (QED) is 0.672. The van der Waals surface area contributed by atoms with E-state index in [0.29, 0.717) is 12.1 Å². The van der Waals surface area contributed by atoms with E-state index >= 15 is 0 Å². The maximum absolute atomic E-state index is 13.9. The molecule has 1 aromatic rings. The fourth-order valence-electron chi connectivity index (χ4n) is 1.78. The first-order valence-electron chi connectivity index (χ1n) is 6.12. The Morgan fingerprint density at radius 2 is 1.61 bits per heavy atom. The van der Waals surface area contributed by atoms with Gasteiger partial charge >= 0.3 is 24.0 Å². The van der Waals surface area contributed by atoms with Crippen molar-refractivity contribution in [1.82, 2.24) is 0 Å². The highest BCUT2D eigenvalue weighted by molar-refractivity contribution is 5.71. The number of hydrogen-bond donors (Lipinski definition) is 1. The van der Waals surface area contributed by atoms with Gasteiger partial charge in [-0.15, -0.1) is 0 Å². The predicted octanol–water partition coefficient (Wildman–Crippen LogP) is 3.29. The lowest BCUT2D eigenvalue weighted by atomic mass is 9.91. The summed E-state index contributed by atoms with van der Waals surface area (Å²) < 4.78 is 94.3. The maximum atomic E-state index is 13.9. The molecule has 0 saturated heterocycles. The molecule has 0 radical (unpaired) electrons. The molecular weight excluding hydrogens is 335 g/mol. The molecule has 0 aliphatic heterocycles. The Labute approximate surface area is 126 Å². The number of alkyl halides is 7. The molecule has 0 aliphatic rings. The second-order valence-corrected chi connectivity index (χ2v) is 4.66. The van der Waals surface area contributed by atoms with Gasteiger partial charge in [0, 0.05) is 5.56 Å². The molecule has 0 saturated carbocycles. The van der Waals surface area contributed by atoms with Crippen LogP contribution in [0.15, 0.2) is 18.2 Å². The van der Waals surface area contributed by atoms with Crippen molar-refractivity contribution < 1.29 is 40.3 Å². The molecule has 0 bridgehead atoms. The van der Waals surface area contributed by atoms with E-state index in [9.17, 15) is 35.5 Å². The van der Waals surface area contributed by atoms with Gasteiger partial charge in [0.15, 0.2) is 0 Å². The van der Waals surface area contributed by atoms with E-state index in [-0.39, 0.29) is 11.1 Å². The lowest BCUT2D eigenvalue weighted by molar-refractivity contribution is -0.348. The van der Waals surface area contributed by atoms with Gasteiger partial charge in [-0.2, -0.15) is 26.3 Å². The molecular formula is C13H12F7NO2.